The van der Waals surface area contributed by atoms with Crippen molar-refractivity contribution >= 4 is 17.7 Å². The van der Waals surface area contributed by atoms with Gasteiger partial charge in [0.15, 0.2) is 0 Å². The van der Waals surface area contributed by atoms with Crippen molar-refractivity contribution in [2.75, 3.05) is 6.61 Å². The first kappa shape index (κ1) is 44.8. The molecule has 0 bridgehead atoms. The Morgan fingerprint density at radius 2 is 1.29 bits per heavy atom. The van der Waals surface area contributed by atoms with E-state index in [0.29, 0.717) is 40.7 Å². The minimum atomic E-state index is -0.303. The lowest BCUT2D eigenvalue weighted by molar-refractivity contribution is 0.0828. The number of nitrogens with one attached hydrogen (secondary N) is 3. The first-order valence-electron chi connectivity index (χ1n) is 20.1. The van der Waals surface area contributed by atoms with Crippen molar-refractivity contribution in [3.8, 4) is 11.8 Å². The molecule has 0 fully saturated rings. The molecular formula is C47H66N4O4. The number of hydrogen-bond acceptors (Lipinski definition) is 5. The Morgan fingerprint density at radius 3 is 1.82 bits per heavy atom. The summed E-state index contributed by atoms with van der Waals surface area (Å²) in [5, 5.41) is 19.8. The zero-order chi connectivity index (χ0) is 41.2. The summed E-state index contributed by atoms with van der Waals surface area (Å²) in [6, 6.07) is 20.5. The van der Waals surface area contributed by atoms with Crippen molar-refractivity contribution in [1.82, 2.24) is 16.0 Å². The summed E-state index contributed by atoms with van der Waals surface area (Å²) in [5.41, 5.74) is 4.56. The quantitative estimate of drug-likeness (QED) is 0.120. The maximum Gasteiger partial charge on any atom is 0.251 e. The van der Waals surface area contributed by atoms with Gasteiger partial charge in [0.2, 0.25) is 0 Å². The zero-order valence-electron chi connectivity index (χ0n) is 35.6. The van der Waals surface area contributed by atoms with E-state index in [1.54, 1.807) is 12.1 Å². The van der Waals surface area contributed by atoms with Gasteiger partial charge in [-0.25, -0.2) is 0 Å². The van der Waals surface area contributed by atoms with Gasteiger partial charge < -0.3 is 20.7 Å². The number of hydrogen-bond donors (Lipinski definition) is 3. The number of carbonyl (C=O) groups excluding carboxylic acids is 3. The molecule has 3 amide bonds. The lowest BCUT2D eigenvalue weighted by atomic mass is 9.78. The number of ether oxygens (including phenoxy) is 1. The average molecular weight is 751 g/mol. The van der Waals surface area contributed by atoms with E-state index < -0.39 is 0 Å². The van der Waals surface area contributed by atoms with E-state index in [9.17, 15) is 19.6 Å². The summed E-state index contributed by atoms with van der Waals surface area (Å²) in [5.74, 6) is 1.11. The van der Waals surface area contributed by atoms with Gasteiger partial charge in [-0.15, -0.1) is 0 Å². The molecular weight excluding hydrogens is 685 g/mol. The smallest absolute Gasteiger partial charge is 0.251 e. The molecule has 0 saturated carbocycles. The first-order chi connectivity index (χ1) is 25.8. The number of benzene rings is 3. The van der Waals surface area contributed by atoms with Gasteiger partial charge in [-0.2, -0.15) is 5.26 Å². The fourth-order valence-corrected chi connectivity index (χ4v) is 7.40. The van der Waals surface area contributed by atoms with Crippen LogP contribution in [0.2, 0.25) is 0 Å². The third kappa shape index (κ3) is 11.7. The zero-order valence-corrected chi connectivity index (χ0v) is 35.6. The van der Waals surface area contributed by atoms with Crippen molar-refractivity contribution in [2.45, 2.75) is 126 Å². The van der Waals surface area contributed by atoms with Gasteiger partial charge in [-0.3, -0.25) is 14.4 Å². The van der Waals surface area contributed by atoms with Crippen LogP contribution in [0.1, 0.15) is 149 Å². The normalized spacial score (nSPS) is 14.0. The monoisotopic (exact) mass is 751 g/mol. The van der Waals surface area contributed by atoms with Crippen LogP contribution in [0, 0.1) is 47.8 Å². The Kier molecular flexibility index (Phi) is 16.1. The lowest BCUT2D eigenvalue weighted by Crippen LogP contribution is -2.53. The van der Waals surface area contributed by atoms with Crippen LogP contribution in [0.5, 0.6) is 5.75 Å². The summed E-state index contributed by atoms with van der Waals surface area (Å²) in [6.45, 7) is 27.6. The summed E-state index contributed by atoms with van der Waals surface area (Å²) in [6.07, 6.45) is 1.65. The Balaban J connectivity index is 1.73. The third-order valence-corrected chi connectivity index (χ3v) is 11.7. The molecule has 8 nitrogen and oxygen atoms in total. The Bertz CT molecular complexity index is 1800. The van der Waals surface area contributed by atoms with E-state index >= 15 is 0 Å². The largest absolute Gasteiger partial charge is 0.494 e. The molecule has 4 unspecified atom stereocenters. The van der Waals surface area contributed by atoms with Crippen molar-refractivity contribution in [3.05, 3.63) is 99.6 Å². The minimum absolute atomic E-state index is 0.0612. The summed E-state index contributed by atoms with van der Waals surface area (Å²) < 4.78 is 5.65. The molecule has 4 atom stereocenters. The molecule has 0 radical (unpaired) electrons. The predicted molar refractivity (Wildman–Crippen MR) is 224 cm³/mol. The number of nitrogens with zero attached hydrogens (tertiary/aromatic N) is 1. The highest BCUT2D eigenvalue weighted by Gasteiger charge is 2.34. The number of rotatable bonds is 18. The maximum atomic E-state index is 13.9. The van der Waals surface area contributed by atoms with Gasteiger partial charge in [0.25, 0.3) is 17.7 Å². The van der Waals surface area contributed by atoms with Crippen LogP contribution in [0.3, 0.4) is 0 Å². The Morgan fingerprint density at radius 1 is 0.727 bits per heavy atom. The van der Waals surface area contributed by atoms with Gasteiger partial charge in [0, 0.05) is 40.2 Å². The van der Waals surface area contributed by atoms with Gasteiger partial charge in [-0.05, 0) is 128 Å². The van der Waals surface area contributed by atoms with E-state index in [1.807, 2.05) is 69.3 Å². The Labute approximate surface area is 331 Å². The molecule has 298 valence electrons. The topological polar surface area (TPSA) is 120 Å². The summed E-state index contributed by atoms with van der Waals surface area (Å²) in [4.78, 5) is 40.5. The summed E-state index contributed by atoms with van der Waals surface area (Å²) >= 11 is 0. The van der Waals surface area contributed by atoms with Gasteiger partial charge >= 0.3 is 0 Å². The highest BCUT2D eigenvalue weighted by atomic mass is 16.5. The molecule has 0 heterocycles. The molecule has 0 aromatic heterocycles. The SMILES string of the molecule is CCOc1ccc(C(=O)NC(C(C)C)C(C)c2cc(C#N)cc(C(=O)NC(C(C)C)C(C)CCc3ccc(C(=O)NC(C)(C(C)C)C(C)C)cc3)c2)cc1C. The van der Waals surface area contributed by atoms with Crippen molar-refractivity contribution < 1.29 is 19.1 Å². The molecule has 0 aliphatic rings. The number of carbonyl (C=O) groups is 3. The molecule has 0 aliphatic heterocycles. The van der Waals surface area contributed by atoms with Crippen LogP contribution in [0.25, 0.3) is 0 Å². The fraction of sp³-hybridized carbons (Fsp3) is 0.532. The highest BCUT2D eigenvalue weighted by Crippen LogP contribution is 2.29. The van der Waals surface area contributed by atoms with Gasteiger partial charge in [0.05, 0.1) is 18.2 Å². The molecule has 0 saturated heterocycles. The molecule has 3 rings (SSSR count). The van der Waals surface area contributed by atoms with E-state index in [1.165, 1.54) is 0 Å². The maximum absolute atomic E-state index is 13.9. The average Bonchev–Trinajstić information content (AvgIpc) is 3.14. The molecule has 0 spiro atoms. The van der Waals surface area contributed by atoms with E-state index in [-0.39, 0.29) is 59.0 Å². The molecule has 3 aromatic carbocycles. The molecule has 0 aliphatic carbocycles. The van der Waals surface area contributed by atoms with Crippen LogP contribution >= 0.6 is 0 Å². The number of aryl methyl sites for hydroxylation is 2. The first-order valence-corrected chi connectivity index (χ1v) is 20.1. The van der Waals surface area contributed by atoms with Crippen LogP contribution in [0.15, 0.2) is 60.7 Å². The van der Waals surface area contributed by atoms with Crippen molar-refractivity contribution in [2.24, 2.45) is 29.6 Å². The second kappa shape index (κ2) is 19.8. The van der Waals surface area contributed by atoms with E-state index in [2.05, 4.69) is 91.3 Å². The minimum Gasteiger partial charge on any atom is -0.494 e. The highest BCUT2D eigenvalue weighted by molar-refractivity contribution is 5.96. The lowest BCUT2D eigenvalue weighted by Gasteiger charge is -2.38. The van der Waals surface area contributed by atoms with Crippen molar-refractivity contribution in [3.63, 3.8) is 0 Å². The predicted octanol–water partition coefficient (Wildman–Crippen LogP) is 9.65. The van der Waals surface area contributed by atoms with E-state index in [4.69, 9.17) is 4.74 Å². The van der Waals surface area contributed by atoms with Gasteiger partial charge in [0.1, 0.15) is 5.75 Å². The van der Waals surface area contributed by atoms with Crippen LogP contribution in [0.4, 0.5) is 0 Å². The van der Waals surface area contributed by atoms with Crippen LogP contribution in [-0.4, -0.2) is 42.0 Å². The molecule has 3 N–H and O–H groups in total. The number of nitriles is 1. The second-order valence-electron chi connectivity index (χ2n) is 16.9. The number of amides is 3. The molecule has 3 aromatic rings. The molecule has 55 heavy (non-hydrogen) atoms. The molecule has 8 heteroatoms. The van der Waals surface area contributed by atoms with Crippen molar-refractivity contribution in [1.29, 1.82) is 5.26 Å². The second-order valence-corrected chi connectivity index (χ2v) is 16.9. The van der Waals surface area contributed by atoms with Crippen LogP contribution in [-0.2, 0) is 6.42 Å². The summed E-state index contributed by atoms with van der Waals surface area (Å²) in [7, 11) is 0. The van der Waals surface area contributed by atoms with Crippen LogP contribution < -0.4 is 20.7 Å². The van der Waals surface area contributed by atoms with E-state index in [0.717, 1.165) is 35.3 Å². The Hall–Kier alpha value is -4.64. The van der Waals surface area contributed by atoms with Gasteiger partial charge in [-0.1, -0.05) is 81.4 Å². The fourth-order valence-electron chi connectivity index (χ4n) is 7.40. The third-order valence-electron chi connectivity index (χ3n) is 11.7. The standard InChI is InChI=1S/C47H66N4O4/c1-14-55-41-22-21-38(23-33(41)11)44(52)50-43(29(4)5)34(12)39-24-36(27-48)25-40(26-39)45(53)49-42(28(2)3)32(10)15-16-35-17-19-37(20-18-35)46(54)51-47(13,30(6)7)31(8)9/h17-26,28-32,34,42-43H,14-16H2,1-13H3,(H,49,53)(H,50,52)(H,51,54).